The Morgan fingerprint density at radius 3 is 2.52 bits per heavy atom. The highest BCUT2D eigenvalue weighted by atomic mass is 16.5. The third-order valence-corrected chi connectivity index (χ3v) is 4.25. The van der Waals surface area contributed by atoms with Crippen LogP contribution in [0.25, 0.3) is 22.4 Å². The summed E-state index contributed by atoms with van der Waals surface area (Å²) in [6, 6.07) is 3.66. The van der Waals surface area contributed by atoms with Gasteiger partial charge in [-0.25, -0.2) is 14.8 Å². The molecule has 0 bridgehead atoms. The van der Waals surface area contributed by atoms with Gasteiger partial charge >= 0.3 is 5.97 Å². The van der Waals surface area contributed by atoms with E-state index in [4.69, 9.17) is 4.74 Å². The molecular formula is C20H22N4O3. The normalized spacial score (nSPS) is 10.9. The minimum Gasteiger partial charge on any atom is -0.462 e. The number of hydrogen-bond donors (Lipinski definition) is 0. The van der Waals surface area contributed by atoms with Crippen molar-refractivity contribution in [2.75, 3.05) is 6.61 Å². The Balaban J connectivity index is 2.35. The summed E-state index contributed by atoms with van der Waals surface area (Å²) in [6.07, 6.45) is 6.32. The first-order valence-corrected chi connectivity index (χ1v) is 9.12. The summed E-state index contributed by atoms with van der Waals surface area (Å²) in [5.41, 5.74) is 1.64. The zero-order valence-electron chi connectivity index (χ0n) is 15.7. The fourth-order valence-corrected chi connectivity index (χ4v) is 2.99. The third-order valence-electron chi connectivity index (χ3n) is 4.25. The predicted molar refractivity (Wildman–Crippen MR) is 103 cm³/mol. The van der Waals surface area contributed by atoms with Crippen molar-refractivity contribution >= 4 is 17.0 Å². The number of nitrogens with zero attached hydrogens (tertiary/aromatic N) is 4. The van der Waals surface area contributed by atoms with E-state index in [-0.39, 0.29) is 17.6 Å². The number of hydrogen-bond acceptors (Lipinski definition) is 6. The first-order valence-electron chi connectivity index (χ1n) is 9.12. The fourth-order valence-electron chi connectivity index (χ4n) is 2.99. The second-order valence-corrected chi connectivity index (χ2v) is 6.06. The minimum atomic E-state index is -0.618. The van der Waals surface area contributed by atoms with Gasteiger partial charge < -0.3 is 9.30 Å². The standard InChI is InChI=1S/C20H22N4O3/c1-4-7-15-16-17(25)14(20(26)27-6-3)12-24(5-2)19(16)23-18(22-15)13-8-10-21-11-9-13/h8-12H,4-7H2,1-3H3. The van der Waals surface area contributed by atoms with Crippen LogP contribution >= 0.6 is 0 Å². The molecule has 3 rings (SSSR count). The number of ether oxygens (including phenoxy) is 1. The molecule has 0 saturated carbocycles. The number of rotatable bonds is 6. The largest absolute Gasteiger partial charge is 0.462 e. The highest BCUT2D eigenvalue weighted by Gasteiger charge is 2.21. The Hall–Kier alpha value is -3.09. The van der Waals surface area contributed by atoms with Crippen molar-refractivity contribution in [2.45, 2.75) is 40.2 Å². The van der Waals surface area contributed by atoms with E-state index in [1.54, 1.807) is 23.9 Å². The molecule has 0 spiro atoms. The van der Waals surface area contributed by atoms with Gasteiger partial charge in [-0.05, 0) is 32.4 Å². The molecule has 0 unspecified atom stereocenters. The van der Waals surface area contributed by atoms with Gasteiger partial charge in [-0.1, -0.05) is 13.3 Å². The van der Waals surface area contributed by atoms with Crippen LogP contribution in [0.2, 0.25) is 0 Å². The zero-order valence-corrected chi connectivity index (χ0v) is 15.7. The van der Waals surface area contributed by atoms with Crippen LogP contribution in [0, 0.1) is 0 Å². The Labute approximate surface area is 157 Å². The van der Waals surface area contributed by atoms with Crippen LogP contribution in [-0.4, -0.2) is 32.1 Å². The molecular weight excluding hydrogens is 344 g/mol. The van der Waals surface area contributed by atoms with E-state index in [0.717, 1.165) is 12.0 Å². The quantitative estimate of drug-likeness (QED) is 0.623. The van der Waals surface area contributed by atoms with E-state index in [0.29, 0.717) is 35.5 Å². The lowest BCUT2D eigenvalue weighted by Crippen LogP contribution is -2.23. The summed E-state index contributed by atoms with van der Waals surface area (Å²) in [6.45, 7) is 6.44. The number of aromatic nitrogens is 4. The maximum atomic E-state index is 13.1. The average Bonchev–Trinajstić information content (AvgIpc) is 2.69. The highest BCUT2D eigenvalue weighted by Crippen LogP contribution is 2.21. The maximum Gasteiger partial charge on any atom is 0.343 e. The number of aryl methyl sites for hydroxylation is 2. The third kappa shape index (κ3) is 3.58. The van der Waals surface area contributed by atoms with Crippen LogP contribution < -0.4 is 5.43 Å². The number of pyridine rings is 2. The van der Waals surface area contributed by atoms with Crippen molar-refractivity contribution < 1.29 is 9.53 Å². The second kappa shape index (κ2) is 8.07. The fraction of sp³-hybridized carbons (Fsp3) is 0.350. The summed E-state index contributed by atoms with van der Waals surface area (Å²) >= 11 is 0. The molecule has 0 fully saturated rings. The molecule has 0 saturated heterocycles. The minimum absolute atomic E-state index is 0.0174. The van der Waals surface area contributed by atoms with E-state index in [1.807, 2.05) is 26.0 Å². The van der Waals surface area contributed by atoms with Crippen LogP contribution in [0.3, 0.4) is 0 Å². The van der Waals surface area contributed by atoms with Gasteiger partial charge in [0.25, 0.3) is 0 Å². The molecule has 3 heterocycles. The molecule has 0 aliphatic rings. The molecule has 0 amide bonds. The van der Waals surface area contributed by atoms with Gasteiger partial charge in [0.15, 0.2) is 5.82 Å². The summed E-state index contributed by atoms with van der Waals surface area (Å²) in [5.74, 6) is -0.0777. The summed E-state index contributed by atoms with van der Waals surface area (Å²) < 4.78 is 6.85. The van der Waals surface area contributed by atoms with Crippen LogP contribution in [0.4, 0.5) is 0 Å². The van der Waals surface area contributed by atoms with Crippen LogP contribution in [0.1, 0.15) is 43.2 Å². The van der Waals surface area contributed by atoms with E-state index in [1.165, 1.54) is 6.20 Å². The molecule has 7 nitrogen and oxygen atoms in total. The van der Waals surface area contributed by atoms with Crippen molar-refractivity contribution in [1.29, 1.82) is 0 Å². The van der Waals surface area contributed by atoms with Crippen molar-refractivity contribution in [3.63, 3.8) is 0 Å². The number of carbonyl (C=O) groups excluding carboxylic acids is 1. The monoisotopic (exact) mass is 366 g/mol. The van der Waals surface area contributed by atoms with Crippen LogP contribution in [-0.2, 0) is 17.7 Å². The molecule has 0 aliphatic carbocycles. The number of carbonyl (C=O) groups is 1. The predicted octanol–water partition coefficient (Wildman–Crippen LogP) is 3.00. The summed E-state index contributed by atoms with van der Waals surface area (Å²) in [7, 11) is 0. The number of fused-ring (bicyclic) bond motifs is 1. The highest BCUT2D eigenvalue weighted by molar-refractivity contribution is 5.94. The molecule has 0 aliphatic heterocycles. The van der Waals surface area contributed by atoms with E-state index >= 15 is 0 Å². The molecule has 7 heteroatoms. The molecule has 3 aromatic heterocycles. The van der Waals surface area contributed by atoms with E-state index in [2.05, 4.69) is 15.0 Å². The van der Waals surface area contributed by atoms with Gasteiger partial charge in [0.1, 0.15) is 11.2 Å². The van der Waals surface area contributed by atoms with Crippen molar-refractivity contribution in [1.82, 2.24) is 19.5 Å². The molecule has 0 atom stereocenters. The molecule has 140 valence electrons. The Morgan fingerprint density at radius 1 is 1.15 bits per heavy atom. The molecule has 0 radical (unpaired) electrons. The van der Waals surface area contributed by atoms with Gasteiger partial charge in [0.05, 0.1) is 17.7 Å². The molecule has 3 aromatic rings. The first kappa shape index (κ1) is 18.7. The first-order chi connectivity index (χ1) is 13.1. The van der Waals surface area contributed by atoms with Crippen molar-refractivity contribution in [3.8, 4) is 11.4 Å². The summed E-state index contributed by atoms with van der Waals surface area (Å²) in [4.78, 5) is 38.6. The van der Waals surface area contributed by atoms with Gasteiger partial charge in [-0.3, -0.25) is 9.78 Å². The molecule has 0 N–H and O–H groups in total. The maximum absolute atomic E-state index is 13.1. The summed E-state index contributed by atoms with van der Waals surface area (Å²) in [5, 5.41) is 0.391. The Morgan fingerprint density at radius 2 is 1.89 bits per heavy atom. The molecule has 27 heavy (non-hydrogen) atoms. The van der Waals surface area contributed by atoms with Gasteiger partial charge in [-0.2, -0.15) is 0 Å². The number of esters is 1. The second-order valence-electron chi connectivity index (χ2n) is 6.06. The average molecular weight is 366 g/mol. The lowest BCUT2D eigenvalue weighted by atomic mass is 10.1. The Bertz CT molecular complexity index is 1030. The smallest absolute Gasteiger partial charge is 0.343 e. The SMILES string of the molecule is CCCc1nc(-c2ccncc2)nc2c1c(=O)c(C(=O)OCC)cn2CC. The van der Waals surface area contributed by atoms with Crippen molar-refractivity contribution in [3.05, 3.63) is 52.2 Å². The van der Waals surface area contributed by atoms with Crippen molar-refractivity contribution in [2.24, 2.45) is 0 Å². The van der Waals surface area contributed by atoms with E-state index < -0.39 is 5.97 Å². The Kier molecular flexibility index (Phi) is 5.59. The van der Waals surface area contributed by atoms with Crippen LogP contribution in [0.5, 0.6) is 0 Å². The lowest BCUT2D eigenvalue weighted by molar-refractivity contribution is 0.0524. The molecule has 0 aromatic carbocycles. The van der Waals surface area contributed by atoms with E-state index in [9.17, 15) is 9.59 Å². The van der Waals surface area contributed by atoms with Crippen LogP contribution in [0.15, 0.2) is 35.5 Å². The lowest BCUT2D eigenvalue weighted by Gasteiger charge is -2.14. The van der Waals surface area contributed by atoms with Gasteiger partial charge in [0.2, 0.25) is 5.43 Å². The van der Waals surface area contributed by atoms with Gasteiger partial charge in [-0.15, -0.1) is 0 Å². The topological polar surface area (TPSA) is 87.0 Å². The zero-order chi connectivity index (χ0) is 19.4. The van der Waals surface area contributed by atoms with Gasteiger partial charge in [0, 0.05) is 30.7 Å².